The van der Waals surface area contributed by atoms with E-state index in [1.807, 2.05) is 6.92 Å². The molecule has 0 aliphatic carbocycles. The van der Waals surface area contributed by atoms with Crippen molar-refractivity contribution in [3.05, 3.63) is 105 Å². The van der Waals surface area contributed by atoms with Crippen LogP contribution in [-0.4, -0.2) is 28.1 Å². The van der Waals surface area contributed by atoms with Crippen molar-refractivity contribution in [3.8, 4) is 5.75 Å². The van der Waals surface area contributed by atoms with Gasteiger partial charge in [0.25, 0.3) is 5.56 Å². The second-order valence-electron chi connectivity index (χ2n) is 8.00. The first-order valence-corrected chi connectivity index (χ1v) is 11.0. The lowest BCUT2D eigenvalue weighted by molar-refractivity contribution is 0.0518. The number of aromatic nitrogens is 2. The number of hydrogen-bond acceptors (Lipinski definition) is 6. The summed E-state index contributed by atoms with van der Waals surface area (Å²) in [5.74, 6) is -2.21. The first-order chi connectivity index (χ1) is 16.8. The van der Waals surface area contributed by atoms with Crippen LogP contribution >= 0.6 is 0 Å². The molecule has 0 N–H and O–H groups in total. The quantitative estimate of drug-likeness (QED) is 0.386. The average molecular weight is 474 g/mol. The van der Waals surface area contributed by atoms with Crippen molar-refractivity contribution in [3.63, 3.8) is 0 Å². The van der Waals surface area contributed by atoms with Crippen molar-refractivity contribution >= 4 is 23.0 Å². The Morgan fingerprint density at radius 3 is 2.49 bits per heavy atom. The van der Waals surface area contributed by atoms with E-state index in [2.05, 4.69) is 4.98 Å². The lowest BCUT2D eigenvalue weighted by atomic mass is 10.0. The first-order valence-electron chi connectivity index (χ1n) is 11.0. The highest BCUT2D eigenvalue weighted by molar-refractivity contribution is 6.01. The van der Waals surface area contributed by atoms with Crippen molar-refractivity contribution in [1.82, 2.24) is 9.55 Å². The zero-order valence-electron chi connectivity index (χ0n) is 19.5. The molecule has 0 aliphatic heterocycles. The summed E-state index contributed by atoms with van der Waals surface area (Å²) in [7, 11) is 1.50. The Morgan fingerprint density at radius 2 is 1.80 bits per heavy atom. The minimum atomic E-state index is -0.904. The van der Waals surface area contributed by atoms with Gasteiger partial charge in [0.05, 0.1) is 17.7 Å². The molecule has 0 unspecified atom stereocenters. The highest BCUT2D eigenvalue weighted by Crippen LogP contribution is 2.28. The molecule has 4 aromatic rings. The third-order valence-corrected chi connectivity index (χ3v) is 5.63. The van der Waals surface area contributed by atoms with Crippen LogP contribution < -0.4 is 10.3 Å². The van der Waals surface area contributed by atoms with Gasteiger partial charge in [-0.05, 0) is 67.3 Å². The Kier molecular flexibility index (Phi) is 6.73. The van der Waals surface area contributed by atoms with Crippen LogP contribution in [0.5, 0.6) is 5.75 Å². The third-order valence-electron chi connectivity index (χ3n) is 5.63. The largest absolute Gasteiger partial charge is 0.462 e. The maximum Gasteiger partial charge on any atom is 0.347 e. The van der Waals surface area contributed by atoms with Crippen molar-refractivity contribution in [2.24, 2.45) is 7.05 Å². The molecule has 0 aliphatic rings. The summed E-state index contributed by atoms with van der Waals surface area (Å²) in [5.41, 5.74) is 2.15. The molecule has 0 radical (unpaired) electrons. The number of hydrogen-bond donors (Lipinski definition) is 0. The van der Waals surface area contributed by atoms with Gasteiger partial charge in [-0.15, -0.1) is 0 Å². The molecule has 0 atom stereocenters. The summed E-state index contributed by atoms with van der Waals surface area (Å²) in [4.78, 5) is 43.2. The standard InChI is InChI=1S/C27H23FN2O5/c1-4-34-27(33)22-24(35-26(32)18-8-6-5-7-9-18)23-21(30(3)25(22)31)14-17(15-29-23)13-19-10-11-20(28)12-16(19)2/h5-12,14-15H,4,13H2,1-3H3. The third kappa shape index (κ3) is 4.82. The molecule has 7 nitrogen and oxygen atoms in total. The van der Waals surface area contributed by atoms with Gasteiger partial charge >= 0.3 is 11.9 Å². The molecule has 2 aromatic carbocycles. The number of nitrogens with zero attached hydrogens (tertiary/aromatic N) is 2. The molecule has 0 fully saturated rings. The SMILES string of the molecule is CCOC(=O)c1c(OC(=O)c2ccccc2)c2ncc(Cc3ccc(F)cc3C)cc2n(C)c1=O. The minimum Gasteiger partial charge on any atom is -0.462 e. The van der Waals surface area contributed by atoms with E-state index in [1.54, 1.807) is 55.6 Å². The summed E-state index contributed by atoms with van der Waals surface area (Å²) in [6.07, 6.45) is 2.02. The Morgan fingerprint density at radius 1 is 1.06 bits per heavy atom. The van der Waals surface area contributed by atoms with Crippen LogP contribution in [0.15, 0.2) is 65.6 Å². The zero-order chi connectivity index (χ0) is 25.1. The normalized spacial score (nSPS) is 10.9. The van der Waals surface area contributed by atoms with Gasteiger partial charge in [0.2, 0.25) is 0 Å². The Labute approximate surface area is 200 Å². The van der Waals surface area contributed by atoms with Crippen LogP contribution in [0.4, 0.5) is 4.39 Å². The second-order valence-corrected chi connectivity index (χ2v) is 8.00. The molecule has 0 saturated carbocycles. The molecule has 0 bridgehead atoms. The van der Waals surface area contributed by atoms with Crippen LogP contribution in [-0.2, 0) is 18.2 Å². The van der Waals surface area contributed by atoms with E-state index in [4.69, 9.17) is 9.47 Å². The summed E-state index contributed by atoms with van der Waals surface area (Å²) >= 11 is 0. The van der Waals surface area contributed by atoms with Crippen LogP contribution in [0.3, 0.4) is 0 Å². The monoisotopic (exact) mass is 474 g/mol. The highest BCUT2D eigenvalue weighted by atomic mass is 19.1. The number of esters is 2. The van der Waals surface area contributed by atoms with Crippen molar-refractivity contribution < 1.29 is 23.5 Å². The van der Waals surface area contributed by atoms with Gasteiger partial charge in [-0.3, -0.25) is 9.78 Å². The highest BCUT2D eigenvalue weighted by Gasteiger charge is 2.27. The second kappa shape index (κ2) is 9.89. The van der Waals surface area contributed by atoms with Gasteiger partial charge in [0.15, 0.2) is 11.3 Å². The first kappa shape index (κ1) is 23.8. The number of rotatable bonds is 6. The Bertz CT molecular complexity index is 1500. The minimum absolute atomic E-state index is 0.0372. The summed E-state index contributed by atoms with van der Waals surface area (Å²) in [6, 6.07) is 14.5. The molecule has 8 heteroatoms. The fourth-order valence-corrected chi connectivity index (χ4v) is 3.80. The lowest BCUT2D eigenvalue weighted by Crippen LogP contribution is -2.28. The smallest absolute Gasteiger partial charge is 0.347 e. The van der Waals surface area contributed by atoms with E-state index in [9.17, 15) is 18.8 Å². The Balaban J connectivity index is 1.86. The van der Waals surface area contributed by atoms with Crippen LogP contribution in [0.1, 0.15) is 44.3 Å². The number of carbonyl (C=O) groups is 2. The summed E-state index contributed by atoms with van der Waals surface area (Å²) < 4.78 is 25.4. The fourth-order valence-electron chi connectivity index (χ4n) is 3.80. The average Bonchev–Trinajstić information content (AvgIpc) is 2.85. The maximum atomic E-state index is 13.5. The predicted molar refractivity (Wildman–Crippen MR) is 128 cm³/mol. The van der Waals surface area contributed by atoms with Crippen molar-refractivity contribution in [2.75, 3.05) is 6.61 Å². The van der Waals surface area contributed by atoms with E-state index in [0.717, 1.165) is 16.7 Å². The van der Waals surface area contributed by atoms with Crippen LogP contribution in [0.25, 0.3) is 11.0 Å². The summed E-state index contributed by atoms with van der Waals surface area (Å²) in [6.45, 7) is 3.46. The molecule has 35 heavy (non-hydrogen) atoms. The molecule has 178 valence electrons. The molecule has 2 heterocycles. The molecule has 0 saturated heterocycles. The number of halogens is 1. The van der Waals surface area contributed by atoms with E-state index >= 15 is 0 Å². The number of carbonyl (C=O) groups excluding carboxylic acids is 2. The van der Waals surface area contributed by atoms with E-state index < -0.39 is 23.1 Å². The number of aryl methyl sites for hydroxylation is 2. The zero-order valence-corrected chi connectivity index (χ0v) is 19.5. The van der Waals surface area contributed by atoms with Gasteiger partial charge in [0.1, 0.15) is 11.3 Å². The number of fused-ring (bicyclic) bond motifs is 1. The van der Waals surface area contributed by atoms with Crippen LogP contribution in [0, 0.1) is 12.7 Å². The molecular weight excluding hydrogens is 451 g/mol. The molecule has 2 aromatic heterocycles. The van der Waals surface area contributed by atoms with Crippen molar-refractivity contribution in [2.45, 2.75) is 20.3 Å². The molecule has 0 amide bonds. The molecular formula is C27H23FN2O5. The van der Waals surface area contributed by atoms with Gasteiger partial charge in [-0.2, -0.15) is 0 Å². The van der Waals surface area contributed by atoms with Gasteiger partial charge in [-0.1, -0.05) is 24.3 Å². The van der Waals surface area contributed by atoms with Crippen molar-refractivity contribution in [1.29, 1.82) is 0 Å². The lowest BCUT2D eigenvalue weighted by Gasteiger charge is -2.15. The summed E-state index contributed by atoms with van der Waals surface area (Å²) in [5, 5.41) is 0. The van der Waals surface area contributed by atoms with Gasteiger partial charge in [0, 0.05) is 13.2 Å². The Hall–Kier alpha value is -4.33. The van der Waals surface area contributed by atoms with E-state index in [0.29, 0.717) is 11.9 Å². The number of benzene rings is 2. The fraction of sp³-hybridized carbons (Fsp3) is 0.185. The molecule has 4 rings (SSSR count). The maximum absolute atomic E-state index is 13.5. The van der Waals surface area contributed by atoms with Gasteiger partial charge in [-0.25, -0.2) is 14.0 Å². The van der Waals surface area contributed by atoms with Gasteiger partial charge < -0.3 is 14.0 Å². The topological polar surface area (TPSA) is 87.5 Å². The molecule has 0 spiro atoms. The van der Waals surface area contributed by atoms with Crippen LogP contribution in [0.2, 0.25) is 0 Å². The van der Waals surface area contributed by atoms with E-state index in [1.165, 1.54) is 23.7 Å². The predicted octanol–water partition coefficient (Wildman–Crippen LogP) is 4.37. The number of ether oxygens (including phenoxy) is 2. The van der Waals surface area contributed by atoms with E-state index in [-0.39, 0.29) is 29.3 Å². The number of pyridine rings is 2.